The summed E-state index contributed by atoms with van der Waals surface area (Å²) >= 11 is 0. The third-order valence-corrected chi connectivity index (χ3v) is 4.65. The maximum atomic E-state index is 3.76. The first-order valence-corrected chi connectivity index (χ1v) is 7.95. The normalized spacial score (nSPS) is 20.1. The topological polar surface area (TPSA) is 12.0 Å². The largest absolute Gasteiger partial charge is 0.314 e. The van der Waals surface area contributed by atoms with Crippen LogP contribution in [-0.2, 0) is 6.42 Å². The summed E-state index contributed by atoms with van der Waals surface area (Å²) in [7, 11) is 0. The Hall–Kier alpha value is -0.820. The number of hydrogen-bond acceptors (Lipinski definition) is 1. The van der Waals surface area contributed by atoms with Gasteiger partial charge in [0, 0.05) is 12.6 Å². The molecule has 1 aromatic rings. The average molecular weight is 259 g/mol. The molecule has 0 radical (unpaired) electrons. The number of hydrogen-bond donors (Lipinski definition) is 1. The van der Waals surface area contributed by atoms with Crippen molar-refractivity contribution in [1.29, 1.82) is 0 Å². The molecule has 0 amide bonds. The summed E-state index contributed by atoms with van der Waals surface area (Å²) < 4.78 is 0. The van der Waals surface area contributed by atoms with Gasteiger partial charge in [-0.15, -0.1) is 0 Å². The minimum absolute atomic E-state index is 0.555. The second kappa shape index (κ2) is 7.09. The van der Waals surface area contributed by atoms with E-state index in [9.17, 15) is 0 Å². The highest BCUT2D eigenvalue weighted by Crippen LogP contribution is 2.35. The Morgan fingerprint density at radius 1 is 1.11 bits per heavy atom. The average Bonchev–Trinajstić information content (AvgIpc) is 2.45. The van der Waals surface area contributed by atoms with E-state index in [2.05, 4.69) is 49.5 Å². The fraction of sp³-hybridized carbons (Fsp3) is 0.667. The molecule has 0 saturated heterocycles. The molecule has 1 saturated carbocycles. The SMILES string of the molecule is CC(CCc1ccccc1)NCC1(C)CCCCC1. The fourth-order valence-electron chi connectivity index (χ4n) is 3.13. The van der Waals surface area contributed by atoms with Crippen molar-refractivity contribution in [3.05, 3.63) is 35.9 Å². The molecule has 0 aromatic heterocycles. The van der Waals surface area contributed by atoms with Crippen molar-refractivity contribution >= 4 is 0 Å². The van der Waals surface area contributed by atoms with E-state index in [1.807, 2.05) is 0 Å². The van der Waals surface area contributed by atoms with Gasteiger partial charge in [0.15, 0.2) is 0 Å². The Kier molecular flexibility index (Phi) is 5.45. The van der Waals surface area contributed by atoms with Gasteiger partial charge in [-0.3, -0.25) is 0 Å². The third-order valence-electron chi connectivity index (χ3n) is 4.65. The highest BCUT2D eigenvalue weighted by Gasteiger charge is 2.26. The van der Waals surface area contributed by atoms with Crippen molar-refractivity contribution in [3.8, 4) is 0 Å². The van der Waals surface area contributed by atoms with Crippen molar-refractivity contribution < 1.29 is 0 Å². The first-order valence-electron chi connectivity index (χ1n) is 7.95. The molecule has 1 unspecified atom stereocenters. The molecule has 1 fully saturated rings. The zero-order valence-electron chi connectivity index (χ0n) is 12.6. The van der Waals surface area contributed by atoms with Gasteiger partial charge < -0.3 is 5.32 Å². The molecule has 0 spiro atoms. The van der Waals surface area contributed by atoms with E-state index >= 15 is 0 Å². The predicted octanol–water partition coefficient (Wildman–Crippen LogP) is 4.57. The Bertz CT molecular complexity index is 351. The Morgan fingerprint density at radius 2 is 1.79 bits per heavy atom. The molecule has 0 bridgehead atoms. The lowest BCUT2D eigenvalue weighted by Gasteiger charge is -2.35. The van der Waals surface area contributed by atoms with E-state index in [1.54, 1.807) is 0 Å². The van der Waals surface area contributed by atoms with Crippen LogP contribution in [0.25, 0.3) is 0 Å². The van der Waals surface area contributed by atoms with Crippen molar-refractivity contribution in [1.82, 2.24) is 5.32 Å². The molecule has 0 heterocycles. The van der Waals surface area contributed by atoms with Gasteiger partial charge in [0.05, 0.1) is 0 Å². The first kappa shape index (κ1) is 14.6. The van der Waals surface area contributed by atoms with Gasteiger partial charge in [-0.05, 0) is 43.6 Å². The van der Waals surface area contributed by atoms with E-state index in [1.165, 1.54) is 57.1 Å². The molecule has 19 heavy (non-hydrogen) atoms. The van der Waals surface area contributed by atoms with Gasteiger partial charge in [0.25, 0.3) is 0 Å². The van der Waals surface area contributed by atoms with E-state index in [-0.39, 0.29) is 0 Å². The van der Waals surface area contributed by atoms with Gasteiger partial charge in [0.2, 0.25) is 0 Å². The minimum atomic E-state index is 0.555. The van der Waals surface area contributed by atoms with E-state index in [0.717, 1.165) is 0 Å². The molecule has 1 heteroatoms. The smallest absolute Gasteiger partial charge is 0.00421 e. The summed E-state index contributed by atoms with van der Waals surface area (Å²) in [5.41, 5.74) is 2.01. The zero-order chi connectivity index (χ0) is 13.6. The molecule has 106 valence electrons. The van der Waals surface area contributed by atoms with Gasteiger partial charge in [-0.1, -0.05) is 56.5 Å². The van der Waals surface area contributed by atoms with Crippen LogP contribution in [0.3, 0.4) is 0 Å². The summed E-state index contributed by atoms with van der Waals surface area (Å²) in [6.07, 6.45) is 9.54. The Morgan fingerprint density at radius 3 is 2.47 bits per heavy atom. The zero-order valence-corrected chi connectivity index (χ0v) is 12.6. The molecular weight excluding hydrogens is 230 g/mol. The molecule has 1 atom stereocenters. The monoisotopic (exact) mass is 259 g/mol. The van der Waals surface area contributed by atoms with E-state index in [4.69, 9.17) is 0 Å². The molecular formula is C18H29N. The second-order valence-electron chi connectivity index (χ2n) is 6.68. The number of aryl methyl sites for hydroxylation is 1. The Balaban J connectivity index is 1.68. The summed E-state index contributed by atoms with van der Waals surface area (Å²) in [6.45, 7) is 5.99. The lowest BCUT2D eigenvalue weighted by Crippen LogP contribution is -2.38. The maximum absolute atomic E-state index is 3.76. The molecule has 1 aliphatic rings. The van der Waals surface area contributed by atoms with E-state index in [0.29, 0.717) is 11.5 Å². The second-order valence-corrected chi connectivity index (χ2v) is 6.68. The number of rotatable bonds is 6. The highest BCUT2D eigenvalue weighted by atomic mass is 14.9. The lowest BCUT2D eigenvalue weighted by atomic mass is 9.75. The van der Waals surface area contributed by atoms with Gasteiger partial charge in [0.1, 0.15) is 0 Å². The molecule has 0 aliphatic heterocycles. The summed E-state index contributed by atoms with van der Waals surface area (Å²) in [5, 5.41) is 3.76. The van der Waals surface area contributed by atoms with Crippen LogP contribution in [0.4, 0.5) is 0 Å². The molecule has 1 N–H and O–H groups in total. The molecule has 1 nitrogen and oxygen atoms in total. The van der Waals surface area contributed by atoms with Crippen molar-refractivity contribution in [2.24, 2.45) is 5.41 Å². The van der Waals surface area contributed by atoms with Crippen molar-refractivity contribution in [2.45, 2.75) is 64.8 Å². The molecule has 2 rings (SSSR count). The number of benzene rings is 1. The van der Waals surface area contributed by atoms with Crippen LogP contribution in [0.5, 0.6) is 0 Å². The molecule has 1 aliphatic carbocycles. The number of nitrogens with one attached hydrogen (secondary N) is 1. The first-order chi connectivity index (χ1) is 9.18. The summed E-state index contributed by atoms with van der Waals surface area (Å²) in [4.78, 5) is 0. The lowest BCUT2D eigenvalue weighted by molar-refractivity contribution is 0.200. The van der Waals surface area contributed by atoms with Gasteiger partial charge in [-0.2, -0.15) is 0 Å². The van der Waals surface area contributed by atoms with Crippen LogP contribution < -0.4 is 5.32 Å². The van der Waals surface area contributed by atoms with Crippen LogP contribution >= 0.6 is 0 Å². The third kappa shape index (κ3) is 4.99. The Labute approximate surface area is 118 Å². The van der Waals surface area contributed by atoms with Crippen LogP contribution in [0.2, 0.25) is 0 Å². The van der Waals surface area contributed by atoms with Crippen LogP contribution in [-0.4, -0.2) is 12.6 Å². The maximum Gasteiger partial charge on any atom is 0.00421 e. The van der Waals surface area contributed by atoms with Gasteiger partial charge in [-0.25, -0.2) is 0 Å². The minimum Gasteiger partial charge on any atom is -0.314 e. The van der Waals surface area contributed by atoms with Crippen LogP contribution in [0, 0.1) is 5.41 Å². The van der Waals surface area contributed by atoms with E-state index < -0.39 is 0 Å². The summed E-state index contributed by atoms with van der Waals surface area (Å²) in [5.74, 6) is 0. The predicted molar refractivity (Wildman–Crippen MR) is 83.4 cm³/mol. The standard InChI is InChI=1S/C18H29N/c1-16(11-12-17-9-5-3-6-10-17)19-15-18(2)13-7-4-8-14-18/h3,5-6,9-10,16,19H,4,7-8,11-15H2,1-2H3. The quantitative estimate of drug-likeness (QED) is 0.789. The van der Waals surface area contributed by atoms with Crippen LogP contribution in [0.1, 0.15) is 57.9 Å². The van der Waals surface area contributed by atoms with Crippen LogP contribution in [0.15, 0.2) is 30.3 Å². The summed E-state index contributed by atoms with van der Waals surface area (Å²) in [6, 6.07) is 11.4. The van der Waals surface area contributed by atoms with Crippen molar-refractivity contribution in [2.75, 3.05) is 6.54 Å². The fourth-order valence-corrected chi connectivity index (χ4v) is 3.13. The van der Waals surface area contributed by atoms with Gasteiger partial charge >= 0.3 is 0 Å². The van der Waals surface area contributed by atoms with Crippen molar-refractivity contribution in [3.63, 3.8) is 0 Å². The molecule has 1 aromatic carbocycles. The highest BCUT2D eigenvalue weighted by molar-refractivity contribution is 5.14.